The normalized spacial score (nSPS) is 31.4. The van der Waals surface area contributed by atoms with Crippen LogP contribution in [0.25, 0.3) is 0 Å². The number of likely N-dealkylation sites (tertiary alicyclic amines) is 1. The van der Waals surface area contributed by atoms with Gasteiger partial charge >= 0.3 is 0 Å². The molecule has 1 saturated heterocycles. The molecule has 1 aliphatic rings. The van der Waals surface area contributed by atoms with Gasteiger partial charge in [0, 0.05) is 20.0 Å². The Morgan fingerprint density at radius 1 is 1.44 bits per heavy atom. The molecule has 3 atom stereocenters. The van der Waals surface area contributed by atoms with Gasteiger partial charge < -0.3 is 15.5 Å². The minimum Gasteiger partial charge on any atom is -0.389 e. The Labute approximate surface area is 96.4 Å². The molecule has 16 heavy (non-hydrogen) atoms. The summed E-state index contributed by atoms with van der Waals surface area (Å²) in [4.78, 5) is 13.0. The molecule has 5 heteroatoms. The minimum absolute atomic E-state index is 0.173. The molecule has 0 aliphatic carbocycles. The standard InChI is InChI=1S/C11H22N2O3/c1-3-4-5-13-6-9(12-8(2)14)11(16)10(15)7-13/h9-11,15-16H,3-7H2,1-2H3,(H,12,14)/t9-,10-,11+/m0/s1. The van der Waals surface area contributed by atoms with Crippen LogP contribution in [-0.4, -0.2) is 58.9 Å². The fourth-order valence-corrected chi connectivity index (χ4v) is 2.06. The summed E-state index contributed by atoms with van der Waals surface area (Å²) in [7, 11) is 0. The van der Waals surface area contributed by atoms with Crippen LogP contribution in [0.5, 0.6) is 0 Å². The number of hydrogen-bond acceptors (Lipinski definition) is 4. The van der Waals surface area contributed by atoms with E-state index in [2.05, 4.69) is 17.1 Å². The Hall–Kier alpha value is -0.650. The van der Waals surface area contributed by atoms with Crippen molar-refractivity contribution in [3.05, 3.63) is 0 Å². The number of hydrogen-bond donors (Lipinski definition) is 3. The minimum atomic E-state index is -0.859. The highest BCUT2D eigenvalue weighted by atomic mass is 16.3. The summed E-state index contributed by atoms with van der Waals surface area (Å²) < 4.78 is 0. The number of β-amino-alcohol motifs (C(OH)–C–C–N with tert-alkyl or cyclic N) is 1. The van der Waals surface area contributed by atoms with Gasteiger partial charge in [-0.15, -0.1) is 0 Å². The van der Waals surface area contributed by atoms with Crippen LogP contribution < -0.4 is 5.32 Å². The molecule has 0 aromatic heterocycles. The maximum Gasteiger partial charge on any atom is 0.217 e. The summed E-state index contributed by atoms with van der Waals surface area (Å²) in [5, 5.41) is 22.1. The molecule has 0 bridgehead atoms. The van der Waals surface area contributed by atoms with Crippen LogP contribution in [0.4, 0.5) is 0 Å². The molecule has 0 unspecified atom stereocenters. The molecule has 1 fully saturated rings. The molecular weight excluding hydrogens is 208 g/mol. The van der Waals surface area contributed by atoms with Crippen LogP contribution in [0, 0.1) is 0 Å². The molecular formula is C11H22N2O3. The third-order valence-corrected chi connectivity index (χ3v) is 2.92. The highest BCUT2D eigenvalue weighted by molar-refractivity contribution is 5.73. The molecule has 5 nitrogen and oxygen atoms in total. The molecule has 0 radical (unpaired) electrons. The molecule has 94 valence electrons. The first-order chi connectivity index (χ1) is 7.54. The van der Waals surface area contributed by atoms with Gasteiger partial charge in [0.1, 0.15) is 6.10 Å². The van der Waals surface area contributed by atoms with Crippen molar-refractivity contribution >= 4 is 5.91 Å². The fourth-order valence-electron chi connectivity index (χ4n) is 2.06. The first-order valence-corrected chi connectivity index (χ1v) is 5.90. The van der Waals surface area contributed by atoms with E-state index in [1.807, 2.05) is 0 Å². The maximum absolute atomic E-state index is 11.0. The zero-order chi connectivity index (χ0) is 12.1. The lowest BCUT2D eigenvalue weighted by Crippen LogP contribution is -2.61. The Balaban J connectivity index is 2.51. The molecule has 0 aromatic carbocycles. The molecule has 1 aliphatic heterocycles. The Morgan fingerprint density at radius 2 is 2.12 bits per heavy atom. The van der Waals surface area contributed by atoms with Crippen LogP contribution in [0.1, 0.15) is 26.7 Å². The number of aliphatic hydroxyl groups is 2. The second kappa shape index (κ2) is 6.18. The first kappa shape index (κ1) is 13.4. The van der Waals surface area contributed by atoms with Crippen LogP contribution >= 0.6 is 0 Å². The van der Waals surface area contributed by atoms with Gasteiger partial charge in [-0.05, 0) is 13.0 Å². The molecule has 1 heterocycles. The maximum atomic E-state index is 11.0. The van der Waals surface area contributed by atoms with E-state index in [0.29, 0.717) is 13.1 Å². The second-order valence-corrected chi connectivity index (χ2v) is 4.48. The van der Waals surface area contributed by atoms with E-state index < -0.39 is 12.2 Å². The lowest BCUT2D eigenvalue weighted by Gasteiger charge is -2.39. The van der Waals surface area contributed by atoms with Crippen molar-refractivity contribution in [2.45, 2.75) is 44.9 Å². The van der Waals surface area contributed by atoms with Crippen molar-refractivity contribution in [3.63, 3.8) is 0 Å². The van der Waals surface area contributed by atoms with E-state index in [0.717, 1.165) is 19.4 Å². The Kier molecular flexibility index (Phi) is 5.18. The van der Waals surface area contributed by atoms with Crippen LogP contribution in [0.2, 0.25) is 0 Å². The molecule has 1 amide bonds. The Bertz CT molecular complexity index is 235. The summed E-state index contributed by atoms with van der Waals surface area (Å²) in [6.45, 7) is 5.52. The molecule has 3 N–H and O–H groups in total. The number of carbonyl (C=O) groups excluding carboxylic acids is 1. The summed E-state index contributed by atoms with van der Waals surface area (Å²) in [5.74, 6) is -0.173. The largest absolute Gasteiger partial charge is 0.389 e. The van der Waals surface area contributed by atoms with Crippen LogP contribution in [0.15, 0.2) is 0 Å². The van der Waals surface area contributed by atoms with Gasteiger partial charge in [-0.1, -0.05) is 13.3 Å². The molecule has 0 aromatic rings. The molecule has 1 rings (SSSR count). The van der Waals surface area contributed by atoms with Crippen molar-refractivity contribution in [1.29, 1.82) is 0 Å². The van der Waals surface area contributed by atoms with Gasteiger partial charge in [0.05, 0.1) is 12.1 Å². The highest BCUT2D eigenvalue weighted by Crippen LogP contribution is 2.12. The summed E-state index contributed by atoms with van der Waals surface area (Å²) in [6, 6.07) is -0.363. The predicted molar refractivity (Wildman–Crippen MR) is 61.0 cm³/mol. The SMILES string of the molecule is CCCCN1C[C@H](NC(C)=O)[C@@H](O)[C@@H](O)C1. The highest BCUT2D eigenvalue weighted by Gasteiger charge is 2.34. The van der Waals surface area contributed by atoms with Gasteiger partial charge in [-0.3, -0.25) is 9.69 Å². The topological polar surface area (TPSA) is 72.8 Å². The fraction of sp³-hybridized carbons (Fsp3) is 0.909. The summed E-state index contributed by atoms with van der Waals surface area (Å²) in [6.07, 6.45) is 0.527. The summed E-state index contributed by atoms with van der Waals surface area (Å²) in [5.41, 5.74) is 0. The average Bonchev–Trinajstić information content (AvgIpc) is 2.21. The monoisotopic (exact) mass is 230 g/mol. The number of amides is 1. The van der Waals surface area contributed by atoms with Gasteiger partial charge in [-0.25, -0.2) is 0 Å². The van der Waals surface area contributed by atoms with E-state index in [4.69, 9.17) is 0 Å². The number of piperidine rings is 1. The molecule has 0 spiro atoms. The van der Waals surface area contributed by atoms with Crippen molar-refractivity contribution in [1.82, 2.24) is 10.2 Å². The number of aliphatic hydroxyl groups excluding tert-OH is 2. The van der Waals surface area contributed by atoms with Crippen LogP contribution in [0.3, 0.4) is 0 Å². The third kappa shape index (κ3) is 3.73. The van der Waals surface area contributed by atoms with E-state index in [-0.39, 0.29) is 11.9 Å². The quantitative estimate of drug-likeness (QED) is 0.599. The number of carbonyl (C=O) groups is 1. The van der Waals surface area contributed by atoms with E-state index >= 15 is 0 Å². The smallest absolute Gasteiger partial charge is 0.217 e. The zero-order valence-electron chi connectivity index (χ0n) is 10.0. The van der Waals surface area contributed by atoms with E-state index in [1.165, 1.54) is 6.92 Å². The van der Waals surface area contributed by atoms with Gasteiger partial charge in [0.2, 0.25) is 5.91 Å². The average molecular weight is 230 g/mol. The number of rotatable bonds is 4. The lowest BCUT2D eigenvalue weighted by molar-refractivity contribution is -0.123. The van der Waals surface area contributed by atoms with E-state index in [9.17, 15) is 15.0 Å². The number of nitrogens with zero attached hydrogens (tertiary/aromatic N) is 1. The van der Waals surface area contributed by atoms with Crippen molar-refractivity contribution < 1.29 is 15.0 Å². The van der Waals surface area contributed by atoms with Crippen molar-refractivity contribution in [3.8, 4) is 0 Å². The van der Waals surface area contributed by atoms with Crippen molar-refractivity contribution in [2.75, 3.05) is 19.6 Å². The molecule has 0 saturated carbocycles. The first-order valence-electron chi connectivity index (χ1n) is 5.90. The lowest BCUT2D eigenvalue weighted by atomic mass is 9.99. The zero-order valence-corrected chi connectivity index (χ0v) is 10.0. The van der Waals surface area contributed by atoms with E-state index in [1.54, 1.807) is 0 Å². The number of nitrogens with one attached hydrogen (secondary N) is 1. The third-order valence-electron chi connectivity index (χ3n) is 2.92. The van der Waals surface area contributed by atoms with Gasteiger partial charge in [-0.2, -0.15) is 0 Å². The predicted octanol–water partition coefficient (Wildman–Crippen LogP) is -0.671. The van der Waals surface area contributed by atoms with Crippen molar-refractivity contribution in [2.24, 2.45) is 0 Å². The van der Waals surface area contributed by atoms with Gasteiger partial charge in [0.15, 0.2) is 0 Å². The van der Waals surface area contributed by atoms with Gasteiger partial charge in [0.25, 0.3) is 0 Å². The number of unbranched alkanes of at least 4 members (excludes halogenated alkanes) is 1. The Morgan fingerprint density at radius 3 is 2.69 bits per heavy atom. The summed E-state index contributed by atoms with van der Waals surface area (Å²) >= 11 is 0. The second-order valence-electron chi connectivity index (χ2n) is 4.48. The van der Waals surface area contributed by atoms with Crippen LogP contribution in [-0.2, 0) is 4.79 Å².